The van der Waals surface area contributed by atoms with Crippen molar-refractivity contribution in [1.82, 2.24) is 25.4 Å². The molecule has 0 bridgehead atoms. The Labute approximate surface area is 234 Å². The van der Waals surface area contributed by atoms with Crippen LogP contribution in [0.1, 0.15) is 28.4 Å². The van der Waals surface area contributed by atoms with Crippen LogP contribution in [0, 0.1) is 6.92 Å². The van der Waals surface area contributed by atoms with Crippen molar-refractivity contribution in [3.05, 3.63) is 125 Å². The molecular formula is C32H33N5O3. The van der Waals surface area contributed by atoms with E-state index in [9.17, 15) is 14.4 Å². The molecular weight excluding hydrogens is 502 g/mol. The Morgan fingerprint density at radius 1 is 1.10 bits per heavy atom. The highest BCUT2D eigenvalue weighted by molar-refractivity contribution is 6.03. The Kier molecular flexibility index (Phi) is 8.05. The van der Waals surface area contributed by atoms with Gasteiger partial charge in [0, 0.05) is 37.8 Å². The Balaban J connectivity index is 1.44. The minimum absolute atomic E-state index is 0.156. The number of aromatic nitrogens is 1. The van der Waals surface area contributed by atoms with Crippen LogP contribution in [0.4, 0.5) is 4.79 Å². The summed E-state index contributed by atoms with van der Waals surface area (Å²) in [6.07, 6.45) is 4.29. The summed E-state index contributed by atoms with van der Waals surface area (Å²) in [5, 5.41) is 6.03. The largest absolute Gasteiger partial charge is 0.354 e. The topological polar surface area (TPSA) is 94.6 Å². The number of amides is 4. The second-order valence-electron chi connectivity index (χ2n) is 10.1. The van der Waals surface area contributed by atoms with Gasteiger partial charge in [-0.3, -0.25) is 19.5 Å². The number of hydrogen-bond donors (Lipinski definition) is 2. The van der Waals surface area contributed by atoms with E-state index in [4.69, 9.17) is 0 Å². The molecule has 2 atom stereocenters. The number of aryl methyl sites for hydroxylation is 1. The van der Waals surface area contributed by atoms with E-state index in [1.165, 1.54) is 0 Å². The maximum Gasteiger partial charge on any atom is 0.322 e. The van der Waals surface area contributed by atoms with Gasteiger partial charge in [0.15, 0.2) is 0 Å². The number of carbonyl (C=O) groups excluding carboxylic acids is 3. The molecule has 4 amide bonds. The fourth-order valence-corrected chi connectivity index (χ4v) is 5.26. The molecule has 0 aliphatic carbocycles. The standard InChI is InChI=1S/C32H33N5O3/c1-3-19-36-27-21-37(31(39)28(27)29(35-32(36)40)24-14-12-22(2)13-15-24)26(20-23-9-5-4-6-10-23)30(38)34-18-16-25-11-7-8-17-33-25/h3-15,17,26,29H,1,16,18-21H2,2H3,(H,34,38)(H,35,40)/t26-,29+/m0/s1. The number of benzene rings is 2. The van der Waals surface area contributed by atoms with E-state index in [0.717, 1.165) is 22.4 Å². The van der Waals surface area contributed by atoms with E-state index in [2.05, 4.69) is 22.2 Å². The first-order valence-corrected chi connectivity index (χ1v) is 13.5. The van der Waals surface area contributed by atoms with Crippen molar-refractivity contribution < 1.29 is 14.4 Å². The average molecular weight is 536 g/mol. The molecule has 8 heteroatoms. The van der Waals surface area contributed by atoms with E-state index in [1.54, 1.807) is 22.1 Å². The number of rotatable bonds is 10. The molecule has 204 valence electrons. The molecule has 0 unspecified atom stereocenters. The molecule has 0 spiro atoms. The van der Waals surface area contributed by atoms with Crippen LogP contribution in [0.15, 0.2) is 103 Å². The molecule has 8 nitrogen and oxygen atoms in total. The number of nitrogens with zero attached hydrogens (tertiary/aromatic N) is 3. The van der Waals surface area contributed by atoms with E-state index >= 15 is 0 Å². The number of nitrogens with one attached hydrogen (secondary N) is 2. The summed E-state index contributed by atoms with van der Waals surface area (Å²) in [6.45, 7) is 6.59. The summed E-state index contributed by atoms with van der Waals surface area (Å²) >= 11 is 0. The van der Waals surface area contributed by atoms with Crippen LogP contribution >= 0.6 is 0 Å². The summed E-state index contributed by atoms with van der Waals surface area (Å²) < 4.78 is 0. The van der Waals surface area contributed by atoms with Crippen LogP contribution in [0.3, 0.4) is 0 Å². The fraction of sp³-hybridized carbons (Fsp3) is 0.250. The third kappa shape index (κ3) is 5.66. The second kappa shape index (κ2) is 12.0. The highest BCUT2D eigenvalue weighted by Crippen LogP contribution is 2.37. The van der Waals surface area contributed by atoms with Crippen molar-refractivity contribution in [3.8, 4) is 0 Å². The number of urea groups is 1. The Hall–Kier alpha value is -4.72. The third-order valence-electron chi connectivity index (χ3n) is 7.33. The van der Waals surface area contributed by atoms with E-state index in [1.807, 2.05) is 79.7 Å². The van der Waals surface area contributed by atoms with E-state index in [-0.39, 0.29) is 30.9 Å². The SMILES string of the molecule is C=CCN1C(=O)N[C@H](c2ccc(C)cc2)C2=C1CN([C@@H](Cc1ccccc1)C(=O)NCCc1ccccn1)C2=O. The monoisotopic (exact) mass is 535 g/mol. The van der Waals surface area contributed by atoms with Crippen LogP contribution in [0.25, 0.3) is 0 Å². The van der Waals surface area contributed by atoms with Crippen molar-refractivity contribution in [3.63, 3.8) is 0 Å². The lowest BCUT2D eigenvalue weighted by atomic mass is 9.94. The number of carbonyl (C=O) groups is 3. The smallest absolute Gasteiger partial charge is 0.322 e. The Morgan fingerprint density at radius 2 is 1.85 bits per heavy atom. The number of pyridine rings is 1. The zero-order valence-electron chi connectivity index (χ0n) is 22.5. The van der Waals surface area contributed by atoms with Gasteiger partial charge in [-0.15, -0.1) is 6.58 Å². The zero-order chi connectivity index (χ0) is 28.1. The summed E-state index contributed by atoms with van der Waals surface area (Å²) in [4.78, 5) is 48.5. The molecule has 5 rings (SSSR count). The zero-order valence-corrected chi connectivity index (χ0v) is 22.5. The average Bonchev–Trinajstić information content (AvgIpc) is 3.31. The van der Waals surface area contributed by atoms with Gasteiger partial charge in [-0.2, -0.15) is 0 Å². The fourth-order valence-electron chi connectivity index (χ4n) is 5.26. The first-order valence-electron chi connectivity index (χ1n) is 13.5. The van der Waals surface area contributed by atoms with Gasteiger partial charge in [-0.25, -0.2) is 4.79 Å². The maximum atomic E-state index is 14.2. The van der Waals surface area contributed by atoms with Crippen LogP contribution in [-0.4, -0.2) is 58.3 Å². The predicted molar refractivity (Wildman–Crippen MR) is 153 cm³/mol. The molecule has 2 aliphatic heterocycles. The first-order chi connectivity index (χ1) is 19.5. The van der Waals surface area contributed by atoms with E-state index < -0.39 is 12.1 Å². The van der Waals surface area contributed by atoms with Crippen LogP contribution in [-0.2, 0) is 22.4 Å². The van der Waals surface area contributed by atoms with Crippen molar-refractivity contribution in [2.24, 2.45) is 0 Å². The van der Waals surface area contributed by atoms with Crippen molar-refractivity contribution in [2.75, 3.05) is 19.6 Å². The van der Waals surface area contributed by atoms with Gasteiger partial charge in [0.05, 0.1) is 23.9 Å². The van der Waals surface area contributed by atoms with Crippen LogP contribution in [0.5, 0.6) is 0 Å². The Bertz CT molecular complexity index is 1420. The lowest BCUT2D eigenvalue weighted by Crippen LogP contribution is -2.50. The molecule has 0 saturated heterocycles. The Morgan fingerprint density at radius 3 is 2.55 bits per heavy atom. The molecule has 3 aromatic rings. The highest BCUT2D eigenvalue weighted by atomic mass is 16.2. The summed E-state index contributed by atoms with van der Waals surface area (Å²) in [6, 6.07) is 21.5. The van der Waals surface area contributed by atoms with Crippen LogP contribution in [0.2, 0.25) is 0 Å². The van der Waals surface area contributed by atoms with Gasteiger partial charge in [-0.05, 0) is 30.2 Å². The quantitative estimate of drug-likeness (QED) is 0.387. The summed E-state index contributed by atoms with van der Waals surface area (Å²) in [7, 11) is 0. The predicted octanol–water partition coefficient (Wildman–Crippen LogP) is 3.71. The number of hydrogen-bond acceptors (Lipinski definition) is 4. The van der Waals surface area contributed by atoms with Crippen molar-refractivity contribution >= 4 is 17.8 Å². The molecule has 3 heterocycles. The van der Waals surface area contributed by atoms with Gasteiger partial charge in [0.1, 0.15) is 6.04 Å². The molecule has 2 aliphatic rings. The molecule has 2 aromatic carbocycles. The van der Waals surface area contributed by atoms with Gasteiger partial charge in [0.2, 0.25) is 5.91 Å². The van der Waals surface area contributed by atoms with Crippen molar-refractivity contribution in [1.29, 1.82) is 0 Å². The highest BCUT2D eigenvalue weighted by Gasteiger charge is 2.46. The first kappa shape index (κ1) is 26.9. The van der Waals surface area contributed by atoms with Gasteiger partial charge in [0.25, 0.3) is 5.91 Å². The minimum atomic E-state index is -0.761. The minimum Gasteiger partial charge on any atom is -0.354 e. The summed E-state index contributed by atoms with van der Waals surface area (Å²) in [5.74, 6) is -0.495. The van der Waals surface area contributed by atoms with Gasteiger partial charge >= 0.3 is 6.03 Å². The van der Waals surface area contributed by atoms with E-state index in [0.29, 0.717) is 30.7 Å². The molecule has 0 fully saturated rings. The van der Waals surface area contributed by atoms with Gasteiger partial charge < -0.3 is 15.5 Å². The molecule has 40 heavy (non-hydrogen) atoms. The van der Waals surface area contributed by atoms with Crippen LogP contribution < -0.4 is 10.6 Å². The van der Waals surface area contributed by atoms with Gasteiger partial charge in [-0.1, -0.05) is 72.3 Å². The second-order valence-corrected chi connectivity index (χ2v) is 10.1. The van der Waals surface area contributed by atoms with Crippen molar-refractivity contribution in [2.45, 2.75) is 31.8 Å². The maximum absolute atomic E-state index is 14.2. The lowest BCUT2D eigenvalue weighted by Gasteiger charge is -2.33. The summed E-state index contributed by atoms with van der Waals surface area (Å²) in [5.41, 5.74) is 4.82. The lowest BCUT2D eigenvalue weighted by molar-refractivity contribution is -0.136. The molecule has 0 saturated carbocycles. The molecule has 1 aromatic heterocycles. The molecule has 0 radical (unpaired) electrons. The third-order valence-corrected chi connectivity index (χ3v) is 7.33. The molecule has 2 N–H and O–H groups in total. The normalized spacial score (nSPS) is 17.4.